The first kappa shape index (κ1) is 16.9. The van der Waals surface area contributed by atoms with Crippen molar-refractivity contribution < 1.29 is 9.47 Å². The second-order valence-electron chi connectivity index (χ2n) is 5.18. The summed E-state index contributed by atoms with van der Waals surface area (Å²) in [6.45, 7) is 11.6. The number of benzene rings is 1. The van der Waals surface area contributed by atoms with E-state index in [4.69, 9.17) is 21.1 Å². The van der Waals surface area contributed by atoms with Crippen LogP contribution in [0, 0.1) is 5.92 Å². The van der Waals surface area contributed by atoms with Gasteiger partial charge >= 0.3 is 0 Å². The summed E-state index contributed by atoms with van der Waals surface area (Å²) in [6, 6.07) is 3.67. The fraction of sp³-hybridized carbons (Fsp3) is 0.500. The Balaban J connectivity index is 2.98. The lowest BCUT2D eigenvalue weighted by molar-refractivity contribution is 0.251. The highest BCUT2D eigenvalue weighted by molar-refractivity contribution is 6.30. The van der Waals surface area contributed by atoms with E-state index in [1.165, 1.54) is 0 Å². The van der Waals surface area contributed by atoms with Crippen LogP contribution >= 0.6 is 11.6 Å². The zero-order chi connectivity index (χ0) is 15.1. The molecule has 0 aliphatic heterocycles. The van der Waals surface area contributed by atoms with Gasteiger partial charge in [-0.05, 0) is 25.5 Å². The van der Waals surface area contributed by atoms with Crippen molar-refractivity contribution in [3.05, 3.63) is 35.4 Å². The quantitative estimate of drug-likeness (QED) is 0.734. The SMILES string of the molecule is C=CC(C)Oc1c(CNCC(C)C)cc(Cl)cc1OC. The number of nitrogens with one attached hydrogen (secondary N) is 1. The van der Waals surface area contributed by atoms with Gasteiger partial charge in [-0.25, -0.2) is 0 Å². The van der Waals surface area contributed by atoms with E-state index >= 15 is 0 Å². The van der Waals surface area contributed by atoms with Crippen molar-refractivity contribution in [1.82, 2.24) is 5.32 Å². The van der Waals surface area contributed by atoms with E-state index in [1.54, 1.807) is 19.3 Å². The van der Waals surface area contributed by atoms with Gasteiger partial charge in [0.05, 0.1) is 7.11 Å². The predicted octanol–water partition coefficient (Wildman–Crippen LogP) is 4.05. The number of halogens is 1. The van der Waals surface area contributed by atoms with Gasteiger partial charge in [-0.3, -0.25) is 0 Å². The minimum Gasteiger partial charge on any atom is -0.493 e. The lowest BCUT2D eigenvalue weighted by atomic mass is 10.1. The Hall–Kier alpha value is -1.19. The van der Waals surface area contributed by atoms with Crippen molar-refractivity contribution in [3.8, 4) is 11.5 Å². The molecule has 0 heterocycles. The van der Waals surface area contributed by atoms with Crippen LogP contribution in [0.2, 0.25) is 5.02 Å². The molecule has 1 atom stereocenters. The average molecular weight is 298 g/mol. The third-order valence-corrected chi connectivity index (χ3v) is 3.04. The summed E-state index contributed by atoms with van der Waals surface area (Å²) in [5.41, 5.74) is 0.990. The zero-order valence-corrected chi connectivity index (χ0v) is 13.5. The predicted molar refractivity (Wildman–Crippen MR) is 84.8 cm³/mol. The van der Waals surface area contributed by atoms with E-state index in [2.05, 4.69) is 25.7 Å². The molecule has 112 valence electrons. The molecular formula is C16H24ClNO2. The highest BCUT2D eigenvalue weighted by Crippen LogP contribution is 2.35. The maximum absolute atomic E-state index is 6.13. The Labute approximate surface area is 126 Å². The molecule has 0 bridgehead atoms. The van der Waals surface area contributed by atoms with Crippen LogP contribution in [0.15, 0.2) is 24.8 Å². The highest BCUT2D eigenvalue weighted by atomic mass is 35.5. The Kier molecular flexibility index (Phi) is 6.89. The number of ether oxygens (including phenoxy) is 2. The summed E-state index contributed by atoms with van der Waals surface area (Å²) in [5, 5.41) is 4.03. The Morgan fingerprint density at radius 2 is 2.05 bits per heavy atom. The lowest BCUT2D eigenvalue weighted by Gasteiger charge is -2.19. The Bertz CT molecular complexity index is 446. The van der Waals surface area contributed by atoms with E-state index in [0.29, 0.717) is 23.2 Å². The summed E-state index contributed by atoms with van der Waals surface area (Å²) in [5.74, 6) is 1.96. The van der Waals surface area contributed by atoms with Crippen LogP contribution < -0.4 is 14.8 Å². The van der Waals surface area contributed by atoms with Crippen LogP contribution in [0.25, 0.3) is 0 Å². The zero-order valence-electron chi connectivity index (χ0n) is 12.7. The number of methoxy groups -OCH3 is 1. The minimum absolute atomic E-state index is 0.0890. The monoisotopic (exact) mass is 297 g/mol. The van der Waals surface area contributed by atoms with Crippen LogP contribution in [-0.4, -0.2) is 19.8 Å². The van der Waals surface area contributed by atoms with Gasteiger partial charge in [-0.2, -0.15) is 0 Å². The summed E-state index contributed by atoms with van der Waals surface area (Å²) in [7, 11) is 1.61. The van der Waals surface area contributed by atoms with Gasteiger partial charge < -0.3 is 14.8 Å². The van der Waals surface area contributed by atoms with Crippen LogP contribution in [0.3, 0.4) is 0 Å². The largest absolute Gasteiger partial charge is 0.493 e. The molecule has 1 unspecified atom stereocenters. The normalized spacial score (nSPS) is 12.3. The highest BCUT2D eigenvalue weighted by Gasteiger charge is 2.14. The topological polar surface area (TPSA) is 30.5 Å². The van der Waals surface area contributed by atoms with Crippen molar-refractivity contribution in [2.75, 3.05) is 13.7 Å². The molecule has 0 saturated carbocycles. The molecule has 0 aliphatic carbocycles. The first-order valence-electron chi connectivity index (χ1n) is 6.84. The maximum atomic E-state index is 6.13. The van der Waals surface area contributed by atoms with Crippen molar-refractivity contribution in [2.45, 2.75) is 33.4 Å². The molecule has 0 fully saturated rings. The van der Waals surface area contributed by atoms with Crippen molar-refractivity contribution in [1.29, 1.82) is 0 Å². The molecule has 1 N–H and O–H groups in total. The smallest absolute Gasteiger partial charge is 0.166 e. The van der Waals surface area contributed by atoms with E-state index in [0.717, 1.165) is 17.9 Å². The third-order valence-electron chi connectivity index (χ3n) is 2.82. The molecule has 0 amide bonds. The van der Waals surface area contributed by atoms with Crippen LogP contribution in [0.4, 0.5) is 0 Å². The number of hydrogen-bond acceptors (Lipinski definition) is 3. The standard InChI is InChI=1S/C16H24ClNO2/c1-6-12(4)20-16-13(10-18-9-11(2)3)7-14(17)8-15(16)19-5/h6-8,11-12,18H,1,9-10H2,2-5H3. The van der Waals surface area contributed by atoms with Gasteiger partial charge in [0.1, 0.15) is 6.10 Å². The van der Waals surface area contributed by atoms with Gasteiger partial charge in [-0.15, -0.1) is 0 Å². The fourth-order valence-electron chi connectivity index (χ4n) is 1.77. The molecule has 4 heteroatoms. The summed E-state index contributed by atoms with van der Waals surface area (Å²) >= 11 is 6.13. The maximum Gasteiger partial charge on any atom is 0.166 e. The van der Waals surface area contributed by atoms with E-state index in [-0.39, 0.29) is 6.10 Å². The average Bonchev–Trinajstić information content (AvgIpc) is 2.40. The molecular weight excluding hydrogens is 274 g/mol. The molecule has 0 radical (unpaired) electrons. The van der Waals surface area contributed by atoms with Crippen LogP contribution in [0.1, 0.15) is 26.3 Å². The first-order chi connectivity index (χ1) is 9.47. The summed E-state index contributed by atoms with van der Waals surface area (Å²) in [6.07, 6.45) is 1.66. The molecule has 0 aliphatic rings. The second kappa shape index (κ2) is 8.18. The van der Waals surface area contributed by atoms with E-state index in [1.807, 2.05) is 13.0 Å². The second-order valence-corrected chi connectivity index (χ2v) is 5.62. The van der Waals surface area contributed by atoms with Gasteiger partial charge in [0.2, 0.25) is 0 Å². The third kappa shape index (κ3) is 5.06. The molecule has 1 aromatic carbocycles. The molecule has 1 aromatic rings. The van der Waals surface area contributed by atoms with Crippen LogP contribution in [-0.2, 0) is 6.54 Å². The molecule has 0 spiro atoms. The van der Waals surface area contributed by atoms with Gasteiger partial charge in [0, 0.05) is 23.2 Å². The molecule has 0 aromatic heterocycles. The summed E-state index contributed by atoms with van der Waals surface area (Å²) < 4.78 is 11.3. The molecule has 20 heavy (non-hydrogen) atoms. The summed E-state index contributed by atoms with van der Waals surface area (Å²) in [4.78, 5) is 0. The van der Waals surface area contributed by atoms with Gasteiger partial charge in [0.15, 0.2) is 11.5 Å². The molecule has 0 saturated heterocycles. The van der Waals surface area contributed by atoms with E-state index < -0.39 is 0 Å². The van der Waals surface area contributed by atoms with Gasteiger partial charge in [0.25, 0.3) is 0 Å². The number of rotatable bonds is 8. The lowest BCUT2D eigenvalue weighted by Crippen LogP contribution is -2.20. The minimum atomic E-state index is -0.0890. The van der Waals surface area contributed by atoms with Crippen molar-refractivity contribution in [3.63, 3.8) is 0 Å². The van der Waals surface area contributed by atoms with Crippen LogP contribution in [0.5, 0.6) is 11.5 Å². The first-order valence-corrected chi connectivity index (χ1v) is 7.22. The Morgan fingerprint density at radius 1 is 1.35 bits per heavy atom. The number of hydrogen-bond donors (Lipinski definition) is 1. The molecule has 1 rings (SSSR count). The van der Waals surface area contributed by atoms with Gasteiger partial charge in [-0.1, -0.05) is 38.1 Å². The Morgan fingerprint density at radius 3 is 2.60 bits per heavy atom. The van der Waals surface area contributed by atoms with E-state index in [9.17, 15) is 0 Å². The fourth-order valence-corrected chi connectivity index (χ4v) is 2.00. The van der Waals surface area contributed by atoms with Crippen molar-refractivity contribution in [2.24, 2.45) is 5.92 Å². The molecule has 3 nitrogen and oxygen atoms in total. The van der Waals surface area contributed by atoms with Crippen molar-refractivity contribution >= 4 is 11.6 Å².